The molecule has 2 aromatic carbocycles. The van der Waals surface area contributed by atoms with Crippen molar-refractivity contribution in [2.75, 3.05) is 40.6 Å². The molecule has 5 heterocycles. The molecule has 1 saturated heterocycles. The summed E-state index contributed by atoms with van der Waals surface area (Å²) >= 11 is 6.42. The number of halogens is 1. The lowest BCUT2D eigenvalue weighted by molar-refractivity contribution is -0.117. The Hall–Kier alpha value is -5.17. The maximum absolute atomic E-state index is 12.4. The summed E-state index contributed by atoms with van der Waals surface area (Å²) in [5, 5.41) is 12.5. The summed E-state index contributed by atoms with van der Waals surface area (Å²) in [4.78, 5) is 51.2. The number of benzene rings is 2. The van der Waals surface area contributed by atoms with Gasteiger partial charge in [-0.25, -0.2) is 9.78 Å². The minimum atomic E-state index is -0.530. The van der Waals surface area contributed by atoms with Crippen molar-refractivity contribution in [2.24, 2.45) is 7.05 Å². The normalized spacial score (nSPS) is 15.2. The van der Waals surface area contributed by atoms with Gasteiger partial charge in [-0.1, -0.05) is 11.6 Å². The molecule has 14 heteroatoms. The zero-order valence-corrected chi connectivity index (χ0v) is 24.8. The Bertz CT molecular complexity index is 2040. The van der Waals surface area contributed by atoms with Crippen molar-refractivity contribution in [1.82, 2.24) is 29.3 Å². The highest BCUT2D eigenvalue weighted by Crippen LogP contribution is 2.33. The molecule has 0 spiro atoms. The van der Waals surface area contributed by atoms with E-state index in [1.165, 1.54) is 16.8 Å². The highest BCUT2D eigenvalue weighted by atomic mass is 35.5. The molecule has 0 aliphatic carbocycles. The van der Waals surface area contributed by atoms with E-state index in [0.29, 0.717) is 29.0 Å². The Balaban J connectivity index is 1.02. The SMILES string of the molecule is CN1C(=O)Cc2cc(Nc3nc(NC4CCN(c5ccc6c(-n7ccc(=O)[nH]c7=O)nn(C)c6c5)CC4)ncc3Cl)ccc21. The van der Waals surface area contributed by atoms with Gasteiger partial charge < -0.3 is 20.4 Å². The summed E-state index contributed by atoms with van der Waals surface area (Å²) in [7, 11) is 3.61. The molecule has 1 fully saturated rings. The lowest BCUT2D eigenvalue weighted by Crippen LogP contribution is -2.39. The number of nitrogens with zero attached hydrogens (tertiary/aromatic N) is 7. The van der Waals surface area contributed by atoms with Crippen LogP contribution in [0.15, 0.2) is 64.4 Å². The lowest BCUT2D eigenvalue weighted by atomic mass is 10.0. The monoisotopic (exact) mass is 612 g/mol. The van der Waals surface area contributed by atoms with Crippen molar-refractivity contribution in [3.8, 4) is 5.82 Å². The predicted octanol–water partition coefficient (Wildman–Crippen LogP) is 3.20. The first-order chi connectivity index (χ1) is 21.2. The van der Waals surface area contributed by atoms with E-state index >= 15 is 0 Å². The average Bonchev–Trinajstić information content (AvgIpc) is 3.49. The fraction of sp³-hybridized carbons (Fsp3) is 0.267. The van der Waals surface area contributed by atoms with E-state index in [2.05, 4.69) is 41.7 Å². The molecule has 0 saturated carbocycles. The molecule has 224 valence electrons. The van der Waals surface area contributed by atoms with Crippen LogP contribution in [0.1, 0.15) is 18.4 Å². The molecule has 0 radical (unpaired) electrons. The number of aromatic nitrogens is 6. The van der Waals surface area contributed by atoms with Crippen molar-refractivity contribution >= 4 is 57.2 Å². The third kappa shape index (κ3) is 5.04. The topological polar surface area (TPSA) is 146 Å². The largest absolute Gasteiger partial charge is 0.371 e. The number of rotatable bonds is 6. The van der Waals surface area contributed by atoms with Crippen LogP contribution in [0.2, 0.25) is 5.02 Å². The minimum absolute atomic E-state index is 0.0713. The Morgan fingerprint density at radius 2 is 1.84 bits per heavy atom. The van der Waals surface area contributed by atoms with Crippen LogP contribution in [0.4, 0.5) is 28.8 Å². The summed E-state index contributed by atoms with van der Waals surface area (Å²) in [5.74, 6) is 1.52. The van der Waals surface area contributed by atoms with Gasteiger partial charge in [0.2, 0.25) is 11.9 Å². The second-order valence-electron chi connectivity index (χ2n) is 11.0. The van der Waals surface area contributed by atoms with E-state index in [4.69, 9.17) is 11.6 Å². The van der Waals surface area contributed by atoms with Crippen LogP contribution in [-0.4, -0.2) is 61.4 Å². The summed E-state index contributed by atoms with van der Waals surface area (Å²) < 4.78 is 3.08. The standard InChI is InChI=1S/C30H29ClN10O3/c1-38-23-6-3-19(13-17(23)14-26(38)43)33-27-22(31)16-32-29(36-27)34-18-7-10-40(11-8-18)20-4-5-21-24(15-20)39(2)37-28(21)41-12-9-25(42)35-30(41)44/h3-6,9,12-13,15-16,18H,7-8,10-11,14H2,1-2H3,(H,35,42,44)(H2,32,33,34,36). The third-order valence-electron chi connectivity index (χ3n) is 8.22. The van der Waals surface area contributed by atoms with Crippen molar-refractivity contribution in [2.45, 2.75) is 25.3 Å². The van der Waals surface area contributed by atoms with Gasteiger partial charge in [0, 0.05) is 67.9 Å². The van der Waals surface area contributed by atoms with Crippen LogP contribution in [0.25, 0.3) is 16.7 Å². The highest BCUT2D eigenvalue weighted by Gasteiger charge is 2.25. The number of piperidine rings is 1. The van der Waals surface area contributed by atoms with Crippen molar-refractivity contribution in [3.63, 3.8) is 0 Å². The van der Waals surface area contributed by atoms with Crippen molar-refractivity contribution < 1.29 is 4.79 Å². The molecular formula is C30H29ClN10O3. The van der Waals surface area contributed by atoms with Crippen molar-refractivity contribution in [1.29, 1.82) is 0 Å². The number of aromatic amines is 1. The molecule has 44 heavy (non-hydrogen) atoms. The number of hydrogen-bond donors (Lipinski definition) is 3. The van der Waals surface area contributed by atoms with Gasteiger partial charge in [-0.3, -0.25) is 23.8 Å². The smallest absolute Gasteiger partial charge is 0.334 e. The summed E-state index contributed by atoms with van der Waals surface area (Å²) in [6.45, 7) is 1.66. The Morgan fingerprint density at radius 1 is 1.02 bits per heavy atom. The summed E-state index contributed by atoms with van der Waals surface area (Å²) in [5.41, 5.74) is 3.64. The minimum Gasteiger partial charge on any atom is -0.371 e. The number of anilines is 5. The Kier molecular flexibility index (Phi) is 6.81. The van der Waals surface area contributed by atoms with E-state index < -0.39 is 11.2 Å². The number of fused-ring (bicyclic) bond motifs is 2. The maximum atomic E-state index is 12.4. The molecule has 3 aromatic heterocycles. The first-order valence-corrected chi connectivity index (χ1v) is 14.6. The Labute approximate surface area is 256 Å². The molecule has 3 N–H and O–H groups in total. The van der Waals surface area contributed by atoms with Crippen LogP contribution >= 0.6 is 11.6 Å². The van der Waals surface area contributed by atoms with Gasteiger partial charge in [0.25, 0.3) is 5.56 Å². The average molecular weight is 613 g/mol. The molecule has 5 aromatic rings. The molecule has 2 aliphatic heterocycles. The highest BCUT2D eigenvalue weighted by molar-refractivity contribution is 6.32. The van der Waals surface area contributed by atoms with Gasteiger partial charge in [-0.2, -0.15) is 10.1 Å². The number of carbonyl (C=O) groups is 1. The molecule has 0 unspecified atom stereocenters. The first kappa shape index (κ1) is 27.7. The third-order valence-corrected chi connectivity index (χ3v) is 8.50. The van der Waals surface area contributed by atoms with E-state index in [9.17, 15) is 14.4 Å². The number of H-pyrrole nitrogens is 1. The first-order valence-electron chi connectivity index (χ1n) is 14.2. The molecule has 2 aliphatic rings. The second kappa shape index (κ2) is 10.8. The summed E-state index contributed by atoms with van der Waals surface area (Å²) in [6, 6.07) is 13.3. The van der Waals surface area contributed by atoms with E-state index in [1.807, 2.05) is 37.4 Å². The van der Waals surface area contributed by atoms with Gasteiger partial charge in [-0.15, -0.1) is 0 Å². The van der Waals surface area contributed by atoms with Crippen molar-refractivity contribution in [3.05, 3.63) is 86.3 Å². The summed E-state index contributed by atoms with van der Waals surface area (Å²) in [6.07, 6.45) is 5.15. The zero-order chi connectivity index (χ0) is 30.5. The molecule has 1 amide bonds. The van der Waals surface area contributed by atoms with Gasteiger partial charge in [-0.05, 0) is 54.8 Å². The number of carbonyl (C=O) groups excluding carboxylic acids is 1. The van der Waals surface area contributed by atoms with Gasteiger partial charge in [0.1, 0.15) is 5.02 Å². The number of aryl methyl sites for hydroxylation is 1. The van der Waals surface area contributed by atoms with Crippen LogP contribution in [-0.2, 0) is 18.3 Å². The van der Waals surface area contributed by atoms with Gasteiger partial charge in [0.15, 0.2) is 11.6 Å². The lowest BCUT2D eigenvalue weighted by Gasteiger charge is -2.34. The number of nitrogens with one attached hydrogen (secondary N) is 3. The fourth-order valence-electron chi connectivity index (χ4n) is 5.86. The van der Waals surface area contributed by atoms with Crippen LogP contribution < -0.4 is 31.7 Å². The fourth-order valence-corrected chi connectivity index (χ4v) is 6.00. The number of hydrogen-bond acceptors (Lipinski definition) is 9. The molecule has 7 rings (SSSR count). The Morgan fingerprint density at radius 3 is 2.64 bits per heavy atom. The van der Waals surface area contributed by atoms with E-state index in [1.54, 1.807) is 22.8 Å². The maximum Gasteiger partial charge on any atom is 0.334 e. The van der Waals surface area contributed by atoms with Gasteiger partial charge in [0.05, 0.1) is 18.1 Å². The molecule has 0 bridgehead atoms. The zero-order valence-electron chi connectivity index (χ0n) is 24.0. The number of amides is 1. The van der Waals surface area contributed by atoms with Crippen LogP contribution in [0, 0.1) is 0 Å². The van der Waals surface area contributed by atoms with E-state index in [-0.39, 0.29) is 11.9 Å². The quantitative estimate of drug-likeness (QED) is 0.263. The molecule has 0 atom stereocenters. The van der Waals surface area contributed by atoms with Crippen LogP contribution in [0.5, 0.6) is 0 Å². The second-order valence-corrected chi connectivity index (χ2v) is 11.4. The molecular weight excluding hydrogens is 584 g/mol. The molecule has 13 nitrogen and oxygen atoms in total. The number of likely N-dealkylation sites (N-methyl/N-ethyl adjacent to an activating group) is 1. The van der Waals surface area contributed by atoms with Crippen LogP contribution in [0.3, 0.4) is 0 Å². The predicted molar refractivity (Wildman–Crippen MR) is 170 cm³/mol. The van der Waals surface area contributed by atoms with Gasteiger partial charge >= 0.3 is 5.69 Å². The van der Waals surface area contributed by atoms with E-state index in [0.717, 1.165) is 59.5 Å².